The van der Waals surface area contributed by atoms with Gasteiger partial charge in [-0.1, -0.05) is 15.9 Å². The van der Waals surface area contributed by atoms with Crippen LogP contribution in [0.2, 0.25) is 0 Å². The van der Waals surface area contributed by atoms with E-state index in [9.17, 15) is 0 Å². The molecule has 0 aliphatic carbocycles. The Kier molecular flexibility index (Phi) is 3.03. The number of rotatable bonds is 1. The van der Waals surface area contributed by atoms with Gasteiger partial charge in [-0.05, 0) is 38.1 Å². The molecular formula is C12H17BrN2. The standard InChI is InChI=1S/C12H17BrN2/c1-12(2)9-15(8-7-14-12)11-5-3-10(13)4-6-11/h3-6,14H,7-9H2,1-2H3. The molecule has 1 aromatic carbocycles. The van der Waals surface area contributed by atoms with Crippen LogP contribution in [0.25, 0.3) is 0 Å². The van der Waals surface area contributed by atoms with Gasteiger partial charge in [0.1, 0.15) is 0 Å². The van der Waals surface area contributed by atoms with Gasteiger partial charge in [-0.25, -0.2) is 0 Å². The van der Waals surface area contributed by atoms with Gasteiger partial charge < -0.3 is 10.2 Å². The lowest BCUT2D eigenvalue weighted by Gasteiger charge is -2.40. The molecule has 0 unspecified atom stereocenters. The summed E-state index contributed by atoms with van der Waals surface area (Å²) in [5.74, 6) is 0. The van der Waals surface area contributed by atoms with Crippen LogP contribution in [0, 0.1) is 0 Å². The Balaban J connectivity index is 2.13. The van der Waals surface area contributed by atoms with E-state index in [0.717, 1.165) is 24.1 Å². The average Bonchev–Trinajstić information content (AvgIpc) is 2.17. The second kappa shape index (κ2) is 4.14. The highest BCUT2D eigenvalue weighted by molar-refractivity contribution is 9.10. The Morgan fingerprint density at radius 3 is 2.53 bits per heavy atom. The van der Waals surface area contributed by atoms with Gasteiger partial charge in [-0.3, -0.25) is 0 Å². The summed E-state index contributed by atoms with van der Waals surface area (Å²) in [4.78, 5) is 2.43. The van der Waals surface area contributed by atoms with Crippen LogP contribution in [-0.2, 0) is 0 Å². The normalized spacial score (nSPS) is 20.3. The van der Waals surface area contributed by atoms with E-state index in [-0.39, 0.29) is 5.54 Å². The molecule has 0 aromatic heterocycles. The van der Waals surface area contributed by atoms with Gasteiger partial charge in [-0.2, -0.15) is 0 Å². The fourth-order valence-corrected chi connectivity index (χ4v) is 2.28. The van der Waals surface area contributed by atoms with Crippen LogP contribution in [0.4, 0.5) is 5.69 Å². The van der Waals surface area contributed by atoms with E-state index < -0.39 is 0 Å². The highest BCUT2D eigenvalue weighted by Crippen LogP contribution is 2.21. The predicted molar refractivity (Wildman–Crippen MR) is 68.4 cm³/mol. The molecule has 0 radical (unpaired) electrons. The van der Waals surface area contributed by atoms with Crippen molar-refractivity contribution in [1.29, 1.82) is 0 Å². The molecule has 0 bridgehead atoms. The maximum atomic E-state index is 3.52. The predicted octanol–water partition coefficient (Wildman–Crippen LogP) is 2.64. The fourth-order valence-electron chi connectivity index (χ4n) is 2.01. The van der Waals surface area contributed by atoms with E-state index in [1.165, 1.54) is 5.69 Å². The van der Waals surface area contributed by atoms with E-state index in [1.54, 1.807) is 0 Å². The van der Waals surface area contributed by atoms with E-state index in [0.29, 0.717) is 0 Å². The zero-order valence-electron chi connectivity index (χ0n) is 9.26. The monoisotopic (exact) mass is 268 g/mol. The number of hydrogen-bond donors (Lipinski definition) is 1. The van der Waals surface area contributed by atoms with E-state index in [1.807, 2.05) is 0 Å². The third kappa shape index (κ3) is 2.73. The number of nitrogens with zero attached hydrogens (tertiary/aromatic N) is 1. The van der Waals surface area contributed by atoms with Gasteiger partial charge in [0.2, 0.25) is 0 Å². The lowest BCUT2D eigenvalue weighted by molar-refractivity contribution is 0.353. The van der Waals surface area contributed by atoms with Crippen LogP contribution in [0.3, 0.4) is 0 Å². The van der Waals surface area contributed by atoms with Crippen molar-refractivity contribution in [1.82, 2.24) is 5.32 Å². The van der Waals surface area contributed by atoms with Crippen molar-refractivity contribution < 1.29 is 0 Å². The third-order valence-electron chi connectivity index (χ3n) is 2.76. The second-order valence-corrected chi connectivity index (χ2v) is 5.62. The second-order valence-electron chi connectivity index (χ2n) is 4.71. The molecule has 1 aromatic rings. The molecule has 1 heterocycles. The summed E-state index contributed by atoms with van der Waals surface area (Å²) in [6.45, 7) is 7.71. The van der Waals surface area contributed by atoms with Crippen molar-refractivity contribution >= 4 is 21.6 Å². The molecule has 2 rings (SSSR count). The van der Waals surface area contributed by atoms with Crippen LogP contribution in [0.15, 0.2) is 28.7 Å². The van der Waals surface area contributed by atoms with Crippen molar-refractivity contribution in [3.05, 3.63) is 28.7 Å². The highest BCUT2D eigenvalue weighted by atomic mass is 79.9. The molecule has 1 N–H and O–H groups in total. The molecule has 0 atom stereocenters. The van der Waals surface area contributed by atoms with Crippen LogP contribution in [0.1, 0.15) is 13.8 Å². The summed E-state index contributed by atoms with van der Waals surface area (Å²) in [6, 6.07) is 8.55. The highest BCUT2D eigenvalue weighted by Gasteiger charge is 2.25. The first-order valence-electron chi connectivity index (χ1n) is 5.32. The van der Waals surface area contributed by atoms with Crippen molar-refractivity contribution in [2.45, 2.75) is 19.4 Å². The van der Waals surface area contributed by atoms with Crippen LogP contribution >= 0.6 is 15.9 Å². The van der Waals surface area contributed by atoms with E-state index in [2.05, 4.69) is 64.3 Å². The van der Waals surface area contributed by atoms with Crippen LogP contribution in [-0.4, -0.2) is 25.2 Å². The van der Waals surface area contributed by atoms with Gasteiger partial charge in [0.05, 0.1) is 0 Å². The number of nitrogens with one attached hydrogen (secondary N) is 1. The first-order chi connectivity index (χ1) is 7.07. The largest absolute Gasteiger partial charge is 0.368 e. The Morgan fingerprint density at radius 1 is 1.27 bits per heavy atom. The summed E-state index contributed by atoms with van der Waals surface area (Å²) in [7, 11) is 0. The number of hydrogen-bond acceptors (Lipinski definition) is 2. The number of halogens is 1. The van der Waals surface area contributed by atoms with Gasteiger partial charge >= 0.3 is 0 Å². The third-order valence-corrected chi connectivity index (χ3v) is 3.29. The summed E-state index contributed by atoms with van der Waals surface area (Å²) in [5, 5.41) is 3.52. The summed E-state index contributed by atoms with van der Waals surface area (Å²) in [5.41, 5.74) is 1.53. The average molecular weight is 269 g/mol. The maximum Gasteiger partial charge on any atom is 0.0368 e. The molecule has 0 spiro atoms. The molecule has 0 amide bonds. The lowest BCUT2D eigenvalue weighted by Crippen LogP contribution is -2.57. The molecule has 3 heteroatoms. The summed E-state index contributed by atoms with van der Waals surface area (Å²) < 4.78 is 1.14. The quantitative estimate of drug-likeness (QED) is 0.843. The minimum Gasteiger partial charge on any atom is -0.368 e. The van der Waals surface area contributed by atoms with E-state index >= 15 is 0 Å². The SMILES string of the molecule is CC1(C)CN(c2ccc(Br)cc2)CCN1. The molecule has 15 heavy (non-hydrogen) atoms. The molecule has 1 saturated heterocycles. The Morgan fingerprint density at radius 2 is 1.93 bits per heavy atom. The summed E-state index contributed by atoms with van der Waals surface area (Å²) >= 11 is 3.46. The van der Waals surface area contributed by atoms with Crippen molar-refractivity contribution in [2.75, 3.05) is 24.5 Å². The maximum absolute atomic E-state index is 3.52. The van der Waals surface area contributed by atoms with Crippen LogP contribution < -0.4 is 10.2 Å². The number of benzene rings is 1. The Labute approximate surface area is 99.8 Å². The van der Waals surface area contributed by atoms with Crippen LogP contribution in [0.5, 0.6) is 0 Å². The first-order valence-corrected chi connectivity index (χ1v) is 6.12. The zero-order chi connectivity index (χ0) is 10.9. The smallest absolute Gasteiger partial charge is 0.0368 e. The van der Waals surface area contributed by atoms with Gasteiger partial charge in [0, 0.05) is 35.3 Å². The summed E-state index contributed by atoms with van der Waals surface area (Å²) in [6.07, 6.45) is 0. The number of anilines is 1. The molecule has 0 saturated carbocycles. The molecule has 1 aliphatic heterocycles. The Bertz CT molecular complexity index is 332. The molecule has 1 fully saturated rings. The van der Waals surface area contributed by atoms with Crippen molar-refractivity contribution in [2.24, 2.45) is 0 Å². The van der Waals surface area contributed by atoms with Crippen molar-refractivity contribution in [3.8, 4) is 0 Å². The lowest BCUT2D eigenvalue weighted by atomic mass is 10.0. The molecule has 82 valence electrons. The first kappa shape index (κ1) is 11.0. The zero-order valence-corrected chi connectivity index (χ0v) is 10.8. The topological polar surface area (TPSA) is 15.3 Å². The molecular weight excluding hydrogens is 252 g/mol. The fraction of sp³-hybridized carbons (Fsp3) is 0.500. The van der Waals surface area contributed by atoms with Gasteiger partial charge in [0.15, 0.2) is 0 Å². The van der Waals surface area contributed by atoms with Gasteiger partial charge in [0.25, 0.3) is 0 Å². The van der Waals surface area contributed by atoms with E-state index in [4.69, 9.17) is 0 Å². The van der Waals surface area contributed by atoms with Gasteiger partial charge in [-0.15, -0.1) is 0 Å². The minimum absolute atomic E-state index is 0.214. The molecule has 2 nitrogen and oxygen atoms in total. The Hall–Kier alpha value is -0.540. The minimum atomic E-state index is 0.214. The van der Waals surface area contributed by atoms with Crippen molar-refractivity contribution in [3.63, 3.8) is 0 Å². The number of piperazine rings is 1. The molecule has 1 aliphatic rings.